The fraction of sp³-hybridized carbons (Fsp3) is 0.250. The molecule has 1 N–H and O–H groups in total. The van der Waals surface area contributed by atoms with Gasteiger partial charge in [-0.15, -0.1) is 0 Å². The Morgan fingerprint density at radius 3 is 2.84 bits per heavy atom. The molecule has 0 saturated heterocycles. The van der Waals surface area contributed by atoms with Crippen LogP contribution in [0, 0.1) is 15.9 Å². The van der Waals surface area contributed by atoms with Gasteiger partial charge in [0.1, 0.15) is 5.82 Å². The molecule has 0 aliphatic carbocycles. The Morgan fingerprint density at radius 2 is 2.26 bits per heavy atom. The summed E-state index contributed by atoms with van der Waals surface area (Å²) in [4.78, 5) is 13.9. The summed E-state index contributed by atoms with van der Waals surface area (Å²) in [7, 11) is 1.88. The molecule has 7 heteroatoms. The Labute approximate surface area is 109 Å². The third-order valence-electron chi connectivity index (χ3n) is 2.74. The highest BCUT2D eigenvalue weighted by Gasteiger charge is 2.13. The van der Waals surface area contributed by atoms with Crippen LogP contribution in [0.3, 0.4) is 0 Å². The van der Waals surface area contributed by atoms with Gasteiger partial charge in [0.05, 0.1) is 11.5 Å². The van der Waals surface area contributed by atoms with Gasteiger partial charge >= 0.3 is 5.69 Å². The van der Waals surface area contributed by atoms with Crippen LogP contribution in [0.4, 0.5) is 10.1 Å². The highest BCUT2D eigenvalue weighted by atomic mass is 19.1. The standard InChI is InChI=1S/C12H13FN4O2/c1-16-5-4-15-12(16)8-14-7-9-2-3-11(17(18)19)10(13)6-9/h2-6,14H,7-8H2,1H3. The summed E-state index contributed by atoms with van der Waals surface area (Å²) < 4.78 is 15.3. The molecular weight excluding hydrogens is 251 g/mol. The van der Waals surface area contributed by atoms with Crippen LogP contribution >= 0.6 is 0 Å². The molecular formula is C12H13FN4O2. The minimum Gasteiger partial charge on any atom is -0.337 e. The lowest BCUT2D eigenvalue weighted by atomic mass is 10.2. The molecule has 0 atom stereocenters. The van der Waals surface area contributed by atoms with Gasteiger partial charge in [-0.25, -0.2) is 4.98 Å². The molecule has 6 nitrogen and oxygen atoms in total. The zero-order chi connectivity index (χ0) is 13.8. The summed E-state index contributed by atoms with van der Waals surface area (Å²) in [6.45, 7) is 0.962. The first-order chi connectivity index (χ1) is 9.08. The molecule has 100 valence electrons. The van der Waals surface area contributed by atoms with Crippen molar-refractivity contribution in [3.05, 3.63) is 57.9 Å². The summed E-state index contributed by atoms with van der Waals surface area (Å²) >= 11 is 0. The number of aromatic nitrogens is 2. The van der Waals surface area contributed by atoms with Crippen molar-refractivity contribution in [1.29, 1.82) is 0 Å². The van der Waals surface area contributed by atoms with E-state index in [1.165, 1.54) is 18.2 Å². The number of rotatable bonds is 5. The van der Waals surface area contributed by atoms with Crippen LogP contribution in [0.5, 0.6) is 0 Å². The van der Waals surface area contributed by atoms with E-state index in [0.717, 1.165) is 5.82 Å². The average molecular weight is 264 g/mol. The first-order valence-corrected chi connectivity index (χ1v) is 5.67. The van der Waals surface area contributed by atoms with Crippen molar-refractivity contribution in [2.45, 2.75) is 13.1 Å². The van der Waals surface area contributed by atoms with Crippen LogP contribution < -0.4 is 5.32 Å². The fourth-order valence-corrected chi connectivity index (χ4v) is 1.69. The van der Waals surface area contributed by atoms with Gasteiger partial charge in [0, 0.05) is 32.1 Å². The maximum absolute atomic E-state index is 13.4. The normalized spacial score (nSPS) is 10.6. The van der Waals surface area contributed by atoms with E-state index in [9.17, 15) is 14.5 Å². The van der Waals surface area contributed by atoms with E-state index in [1.807, 2.05) is 17.8 Å². The van der Waals surface area contributed by atoms with Crippen LogP contribution in [0.15, 0.2) is 30.6 Å². The number of aryl methyl sites for hydroxylation is 1. The second-order valence-corrected chi connectivity index (χ2v) is 4.10. The van der Waals surface area contributed by atoms with E-state index in [1.54, 1.807) is 6.20 Å². The van der Waals surface area contributed by atoms with Crippen molar-refractivity contribution in [1.82, 2.24) is 14.9 Å². The summed E-state index contributed by atoms with van der Waals surface area (Å²) in [5.41, 5.74) is 0.144. The van der Waals surface area contributed by atoms with Crippen LogP contribution in [-0.4, -0.2) is 14.5 Å². The molecule has 1 aromatic carbocycles. The second-order valence-electron chi connectivity index (χ2n) is 4.10. The molecule has 2 rings (SSSR count). The van der Waals surface area contributed by atoms with Crippen molar-refractivity contribution in [3.63, 3.8) is 0 Å². The van der Waals surface area contributed by atoms with Crippen molar-refractivity contribution in [2.24, 2.45) is 7.05 Å². The molecule has 1 heterocycles. The lowest BCUT2D eigenvalue weighted by Gasteiger charge is -2.05. The monoisotopic (exact) mass is 264 g/mol. The largest absolute Gasteiger partial charge is 0.337 e. The van der Waals surface area contributed by atoms with Gasteiger partial charge < -0.3 is 9.88 Å². The van der Waals surface area contributed by atoms with Crippen LogP contribution in [0.1, 0.15) is 11.4 Å². The predicted molar refractivity (Wildman–Crippen MR) is 66.8 cm³/mol. The van der Waals surface area contributed by atoms with Gasteiger partial charge in [0.2, 0.25) is 5.82 Å². The molecule has 0 saturated carbocycles. The zero-order valence-corrected chi connectivity index (χ0v) is 10.3. The van der Waals surface area contributed by atoms with Gasteiger partial charge in [0.25, 0.3) is 0 Å². The Balaban J connectivity index is 1.95. The molecule has 0 bridgehead atoms. The van der Waals surface area contributed by atoms with E-state index in [4.69, 9.17) is 0 Å². The Hall–Kier alpha value is -2.28. The lowest BCUT2D eigenvalue weighted by molar-refractivity contribution is -0.387. The zero-order valence-electron chi connectivity index (χ0n) is 10.3. The topological polar surface area (TPSA) is 73.0 Å². The maximum Gasteiger partial charge on any atom is 0.304 e. The van der Waals surface area contributed by atoms with Crippen molar-refractivity contribution >= 4 is 5.69 Å². The number of hydrogen-bond acceptors (Lipinski definition) is 4. The first kappa shape index (κ1) is 13.2. The molecule has 0 radical (unpaired) electrons. The van der Waals surface area contributed by atoms with Crippen LogP contribution in [0.2, 0.25) is 0 Å². The van der Waals surface area contributed by atoms with E-state index in [0.29, 0.717) is 18.7 Å². The molecule has 0 fully saturated rings. The van der Waals surface area contributed by atoms with Crippen molar-refractivity contribution in [3.8, 4) is 0 Å². The van der Waals surface area contributed by atoms with Gasteiger partial charge in [-0.2, -0.15) is 4.39 Å². The fourth-order valence-electron chi connectivity index (χ4n) is 1.69. The molecule has 0 aliphatic heterocycles. The molecule has 0 unspecified atom stereocenters. The number of nitrogens with one attached hydrogen (secondary N) is 1. The lowest BCUT2D eigenvalue weighted by Crippen LogP contribution is -2.15. The Kier molecular flexibility index (Phi) is 3.86. The number of nitro groups is 1. The third kappa shape index (κ3) is 3.14. The first-order valence-electron chi connectivity index (χ1n) is 5.67. The SMILES string of the molecule is Cn1ccnc1CNCc1ccc([N+](=O)[O-])c(F)c1. The maximum atomic E-state index is 13.4. The molecule has 0 amide bonds. The molecule has 2 aromatic rings. The number of imidazole rings is 1. The summed E-state index contributed by atoms with van der Waals surface area (Å²) in [6, 6.07) is 3.88. The molecule has 0 aliphatic rings. The summed E-state index contributed by atoms with van der Waals surface area (Å²) in [6.07, 6.45) is 3.53. The number of nitrogens with zero attached hydrogens (tertiary/aromatic N) is 3. The van der Waals surface area contributed by atoms with E-state index in [-0.39, 0.29) is 0 Å². The second kappa shape index (κ2) is 5.57. The van der Waals surface area contributed by atoms with Gasteiger partial charge in [-0.1, -0.05) is 6.07 Å². The molecule has 19 heavy (non-hydrogen) atoms. The van der Waals surface area contributed by atoms with Crippen LogP contribution in [0.25, 0.3) is 0 Å². The van der Waals surface area contributed by atoms with E-state index < -0.39 is 16.4 Å². The van der Waals surface area contributed by atoms with Gasteiger partial charge in [-0.3, -0.25) is 10.1 Å². The average Bonchev–Trinajstić information content (AvgIpc) is 2.75. The third-order valence-corrected chi connectivity index (χ3v) is 2.74. The number of nitro benzene ring substituents is 1. The van der Waals surface area contributed by atoms with Gasteiger partial charge in [-0.05, 0) is 11.6 Å². The number of hydrogen-bond donors (Lipinski definition) is 1. The molecule has 0 spiro atoms. The minimum absolute atomic E-state index is 0.418. The number of benzene rings is 1. The van der Waals surface area contributed by atoms with Crippen molar-refractivity contribution in [2.75, 3.05) is 0 Å². The van der Waals surface area contributed by atoms with Crippen LogP contribution in [-0.2, 0) is 20.1 Å². The van der Waals surface area contributed by atoms with E-state index in [2.05, 4.69) is 10.3 Å². The Bertz CT molecular complexity index is 597. The smallest absolute Gasteiger partial charge is 0.304 e. The minimum atomic E-state index is -0.818. The highest BCUT2D eigenvalue weighted by molar-refractivity contribution is 5.34. The van der Waals surface area contributed by atoms with Crippen molar-refractivity contribution < 1.29 is 9.31 Å². The Morgan fingerprint density at radius 1 is 1.47 bits per heavy atom. The molecule has 1 aromatic heterocycles. The van der Waals surface area contributed by atoms with Gasteiger partial charge in [0.15, 0.2) is 0 Å². The predicted octanol–water partition coefficient (Wildman–Crippen LogP) is 1.76. The summed E-state index contributed by atoms with van der Waals surface area (Å²) in [5.74, 6) is 0.0451. The number of halogens is 1. The summed E-state index contributed by atoms with van der Waals surface area (Å²) in [5, 5.41) is 13.6. The quantitative estimate of drug-likeness (QED) is 0.659. The highest BCUT2D eigenvalue weighted by Crippen LogP contribution is 2.17. The van der Waals surface area contributed by atoms with E-state index >= 15 is 0 Å².